The van der Waals surface area contributed by atoms with Gasteiger partial charge in [-0.3, -0.25) is 9.59 Å². The van der Waals surface area contributed by atoms with Gasteiger partial charge in [-0.2, -0.15) is 0 Å². The number of ketones is 2. The maximum absolute atomic E-state index is 12.3. The predicted molar refractivity (Wildman–Crippen MR) is 178 cm³/mol. The second kappa shape index (κ2) is 16.2. The summed E-state index contributed by atoms with van der Waals surface area (Å²) < 4.78 is 20.9. The van der Waals surface area contributed by atoms with Crippen LogP contribution in [0.1, 0.15) is 95.0 Å². The molecule has 0 saturated carbocycles. The molecular weight excluding hydrogens is 586 g/mol. The van der Waals surface area contributed by atoms with Gasteiger partial charge in [-0.1, -0.05) is 45.0 Å². The third-order valence-corrected chi connectivity index (χ3v) is 7.14. The molecule has 1 fully saturated rings. The van der Waals surface area contributed by atoms with E-state index in [0.29, 0.717) is 29.4 Å². The molecule has 1 aliphatic rings. The molecule has 250 valence electrons. The zero-order chi connectivity index (χ0) is 34.8. The van der Waals surface area contributed by atoms with E-state index in [9.17, 15) is 19.2 Å². The smallest absolute Gasteiger partial charge is 0.345 e. The third-order valence-electron chi connectivity index (χ3n) is 7.14. The Morgan fingerprint density at radius 3 is 1.67 bits per heavy atom. The lowest BCUT2D eigenvalue weighted by Crippen LogP contribution is -2.36. The number of methoxy groups -OCH3 is 1. The minimum absolute atomic E-state index is 0.0422. The lowest BCUT2D eigenvalue weighted by molar-refractivity contribution is -0.150. The van der Waals surface area contributed by atoms with Gasteiger partial charge in [0.2, 0.25) is 0 Å². The first-order valence-corrected chi connectivity index (χ1v) is 15.4. The van der Waals surface area contributed by atoms with E-state index in [-0.39, 0.29) is 46.7 Å². The van der Waals surface area contributed by atoms with Crippen molar-refractivity contribution in [2.24, 2.45) is 0 Å². The van der Waals surface area contributed by atoms with Gasteiger partial charge in [0.15, 0.2) is 17.4 Å². The van der Waals surface area contributed by atoms with Crippen molar-refractivity contribution in [3.63, 3.8) is 0 Å². The van der Waals surface area contributed by atoms with Crippen LogP contribution in [0.25, 0.3) is 0 Å². The Hall–Kier alpha value is -4.40. The van der Waals surface area contributed by atoms with Gasteiger partial charge in [-0.05, 0) is 88.9 Å². The van der Waals surface area contributed by atoms with Crippen LogP contribution in [0.3, 0.4) is 0 Å². The van der Waals surface area contributed by atoms with Crippen LogP contribution in [0.15, 0.2) is 72.1 Å². The summed E-state index contributed by atoms with van der Waals surface area (Å²) in [5.74, 6) is -0.485. The fourth-order valence-corrected chi connectivity index (χ4v) is 4.11. The minimum Gasteiger partial charge on any atom is -0.497 e. The molecule has 0 aromatic heterocycles. The molecule has 2 aromatic rings. The number of benzene rings is 2. The number of allylic oxidation sites excluding steroid dienone is 2. The SMILES string of the molecule is CC(C)OC(=O)C(=C/C=C1\OCC(C)(C)N1C)C(=O)OC(C)C.COc1ccc(C(=O)CC(=O)c2ccc(C(C)(C)C)cc2)cc1. The van der Waals surface area contributed by atoms with Gasteiger partial charge in [0.05, 0.1) is 31.3 Å². The van der Waals surface area contributed by atoms with E-state index in [2.05, 4.69) is 20.8 Å². The Labute approximate surface area is 273 Å². The van der Waals surface area contributed by atoms with E-state index in [1.165, 1.54) is 6.08 Å². The van der Waals surface area contributed by atoms with Crippen molar-refractivity contribution >= 4 is 23.5 Å². The van der Waals surface area contributed by atoms with Crippen LogP contribution in [0.4, 0.5) is 0 Å². The number of nitrogens with zero attached hydrogens (tertiary/aromatic N) is 1. The highest BCUT2D eigenvalue weighted by atomic mass is 16.6. The number of hydrogen-bond acceptors (Lipinski definition) is 9. The first kappa shape index (κ1) is 37.8. The van der Waals surface area contributed by atoms with Gasteiger partial charge < -0.3 is 23.8 Å². The maximum atomic E-state index is 12.3. The van der Waals surface area contributed by atoms with Gasteiger partial charge in [0, 0.05) is 18.2 Å². The van der Waals surface area contributed by atoms with E-state index in [1.807, 2.05) is 37.9 Å². The number of Topliss-reactive ketones (excluding diaryl/α,β-unsaturated/α-hetero) is 2. The lowest BCUT2D eigenvalue weighted by Gasteiger charge is -2.25. The van der Waals surface area contributed by atoms with Gasteiger partial charge in [0.25, 0.3) is 0 Å². The largest absolute Gasteiger partial charge is 0.497 e. The molecule has 1 heterocycles. The highest BCUT2D eigenvalue weighted by molar-refractivity contribution is 6.14. The molecule has 1 aliphatic heterocycles. The number of hydrogen-bond donors (Lipinski definition) is 0. The van der Waals surface area contributed by atoms with Crippen molar-refractivity contribution in [1.82, 2.24) is 4.90 Å². The number of ether oxygens (including phenoxy) is 4. The first-order valence-electron chi connectivity index (χ1n) is 15.4. The Kier molecular flexibility index (Phi) is 13.3. The van der Waals surface area contributed by atoms with Gasteiger partial charge in [0.1, 0.15) is 17.9 Å². The van der Waals surface area contributed by atoms with Crippen molar-refractivity contribution in [2.75, 3.05) is 20.8 Å². The Bertz CT molecular complexity index is 1400. The normalized spacial score (nSPS) is 14.6. The van der Waals surface area contributed by atoms with Crippen LogP contribution in [0, 0.1) is 0 Å². The molecule has 0 unspecified atom stereocenters. The van der Waals surface area contributed by atoms with Crippen LogP contribution < -0.4 is 4.74 Å². The molecule has 0 aliphatic carbocycles. The van der Waals surface area contributed by atoms with Crippen molar-refractivity contribution in [2.45, 2.75) is 91.9 Å². The van der Waals surface area contributed by atoms with Crippen LogP contribution in [0.5, 0.6) is 5.75 Å². The molecule has 0 atom stereocenters. The van der Waals surface area contributed by atoms with Gasteiger partial charge >= 0.3 is 11.9 Å². The third kappa shape index (κ3) is 11.2. The summed E-state index contributed by atoms with van der Waals surface area (Å²) in [4.78, 5) is 50.6. The zero-order valence-electron chi connectivity index (χ0n) is 29.1. The summed E-state index contributed by atoms with van der Waals surface area (Å²) in [6.07, 6.45) is 2.21. The summed E-state index contributed by atoms with van der Waals surface area (Å²) in [5, 5.41) is 0. The maximum Gasteiger partial charge on any atom is 0.345 e. The summed E-state index contributed by atoms with van der Waals surface area (Å²) in [6.45, 7) is 17.9. The molecule has 1 saturated heterocycles. The summed E-state index contributed by atoms with van der Waals surface area (Å²) >= 11 is 0. The Balaban J connectivity index is 0.000000320. The lowest BCUT2D eigenvalue weighted by atomic mass is 9.86. The molecular formula is C37H49NO8. The zero-order valence-corrected chi connectivity index (χ0v) is 29.1. The topological polar surface area (TPSA) is 108 Å². The molecule has 0 bridgehead atoms. The number of likely N-dealkylation sites (N-methyl/N-ethyl adjacent to an activating group) is 1. The molecule has 9 heteroatoms. The van der Waals surface area contributed by atoms with Crippen LogP contribution in [-0.2, 0) is 29.2 Å². The molecule has 0 spiro atoms. The quantitative estimate of drug-likeness (QED) is 0.0911. The van der Waals surface area contributed by atoms with Crippen molar-refractivity contribution < 1.29 is 38.1 Å². The average Bonchev–Trinajstić information content (AvgIpc) is 3.23. The highest BCUT2D eigenvalue weighted by Gasteiger charge is 2.34. The molecule has 46 heavy (non-hydrogen) atoms. The van der Waals surface area contributed by atoms with Crippen LogP contribution >= 0.6 is 0 Å². The van der Waals surface area contributed by atoms with E-state index in [0.717, 1.165) is 5.56 Å². The number of carbonyl (C=O) groups is 4. The monoisotopic (exact) mass is 635 g/mol. The summed E-state index contributed by atoms with van der Waals surface area (Å²) in [7, 11) is 3.47. The molecule has 0 radical (unpaired) electrons. The van der Waals surface area contributed by atoms with Crippen molar-refractivity contribution in [3.8, 4) is 5.75 Å². The average molecular weight is 636 g/mol. The summed E-state index contributed by atoms with van der Waals surface area (Å²) in [5.41, 5.74) is 2.00. The van der Waals surface area contributed by atoms with Crippen LogP contribution in [-0.4, -0.2) is 66.9 Å². The standard InChI is InChI=1S/C20H22O3.C17H27NO5/c1-20(2,3)16-9-5-14(6-10-16)18(21)13-19(22)15-7-11-17(23-4)12-8-15;1-11(2)22-15(19)13(16(20)23-12(3)4)8-9-14-18(7)17(5,6)10-21-14/h5-12H,13H2,1-4H3;8-9,11-12H,10H2,1-7H3/b;14-9-. The molecule has 2 aromatic carbocycles. The minimum atomic E-state index is -0.706. The van der Waals surface area contributed by atoms with Gasteiger partial charge in [-0.25, -0.2) is 9.59 Å². The van der Waals surface area contributed by atoms with E-state index in [4.69, 9.17) is 18.9 Å². The predicted octanol–water partition coefficient (Wildman–Crippen LogP) is 6.85. The summed E-state index contributed by atoms with van der Waals surface area (Å²) in [6, 6.07) is 14.3. The van der Waals surface area contributed by atoms with E-state index in [1.54, 1.807) is 77.3 Å². The fraction of sp³-hybridized carbons (Fsp3) is 0.459. The van der Waals surface area contributed by atoms with E-state index < -0.39 is 11.9 Å². The van der Waals surface area contributed by atoms with Crippen LogP contribution in [0.2, 0.25) is 0 Å². The Morgan fingerprint density at radius 2 is 1.30 bits per heavy atom. The highest BCUT2D eigenvalue weighted by Crippen LogP contribution is 2.27. The Morgan fingerprint density at radius 1 is 0.848 bits per heavy atom. The molecule has 0 N–H and O–H groups in total. The second-order valence-electron chi connectivity index (χ2n) is 13.2. The fourth-order valence-electron chi connectivity index (χ4n) is 4.11. The number of rotatable bonds is 10. The molecule has 9 nitrogen and oxygen atoms in total. The van der Waals surface area contributed by atoms with Crippen molar-refractivity contribution in [1.29, 1.82) is 0 Å². The van der Waals surface area contributed by atoms with Crippen molar-refractivity contribution in [3.05, 3.63) is 88.8 Å². The number of carbonyl (C=O) groups excluding carboxylic acids is 4. The first-order chi connectivity index (χ1) is 21.3. The second-order valence-corrected chi connectivity index (χ2v) is 13.2. The van der Waals surface area contributed by atoms with E-state index >= 15 is 0 Å². The number of esters is 2. The molecule has 3 rings (SSSR count). The van der Waals surface area contributed by atoms with Gasteiger partial charge in [-0.15, -0.1) is 0 Å². The molecule has 0 amide bonds.